The van der Waals surface area contributed by atoms with Crippen molar-refractivity contribution in [2.24, 2.45) is 0 Å². The van der Waals surface area contributed by atoms with E-state index in [2.05, 4.69) is 13.5 Å². The maximum atomic E-state index is 11.0. The Morgan fingerprint density at radius 2 is 2.31 bits per heavy atom. The molecule has 0 radical (unpaired) electrons. The Kier molecular flexibility index (Phi) is 4.58. The van der Waals surface area contributed by atoms with Crippen molar-refractivity contribution in [1.82, 2.24) is 0 Å². The average molecular weight is 220 g/mol. The maximum Gasteiger partial charge on any atom is 0.339 e. The van der Waals surface area contributed by atoms with Crippen LogP contribution in [-0.2, 0) is 6.42 Å². The zero-order chi connectivity index (χ0) is 12.0. The lowest BCUT2D eigenvalue weighted by molar-refractivity contribution is 0.0694. The van der Waals surface area contributed by atoms with Gasteiger partial charge in [0, 0.05) is 0 Å². The second kappa shape index (κ2) is 5.95. The first kappa shape index (κ1) is 12.3. The van der Waals surface area contributed by atoms with Crippen molar-refractivity contribution in [3.05, 3.63) is 42.2 Å². The Hall–Kier alpha value is -1.77. The third kappa shape index (κ3) is 2.86. The van der Waals surface area contributed by atoms with Gasteiger partial charge in [0.05, 0.1) is 6.26 Å². The molecule has 86 valence electrons. The van der Waals surface area contributed by atoms with Gasteiger partial charge in [-0.1, -0.05) is 32.1 Å². The Morgan fingerprint density at radius 3 is 2.88 bits per heavy atom. The molecule has 3 nitrogen and oxygen atoms in total. The summed E-state index contributed by atoms with van der Waals surface area (Å²) >= 11 is 0. The fraction of sp³-hybridized carbons (Fsp3) is 0.308. The Bertz CT molecular complexity index is 383. The highest BCUT2D eigenvalue weighted by molar-refractivity contribution is 5.91. The Labute approximate surface area is 95.4 Å². The van der Waals surface area contributed by atoms with Crippen molar-refractivity contribution in [3.8, 4) is 5.75 Å². The van der Waals surface area contributed by atoms with Crippen LogP contribution >= 0.6 is 0 Å². The highest BCUT2D eigenvalue weighted by Crippen LogP contribution is 2.26. The van der Waals surface area contributed by atoms with Crippen LogP contribution in [-0.4, -0.2) is 11.1 Å². The van der Waals surface area contributed by atoms with Crippen molar-refractivity contribution in [1.29, 1.82) is 0 Å². The molecule has 3 heteroatoms. The molecule has 0 aliphatic heterocycles. The van der Waals surface area contributed by atoms with E-state index >= 15 is 0 Å². The van der Waals surface area contributed by atoms with Gasteiger partial charge in [-0.15, -0.1) is 0 Å². The van der Waals surface area contributed by atoms with E-state index in [1.807, 2.05) is 6.07 Å². The molecule has 0 saturated carbocycles. The summed E-state index contributed by atoms with van der Waals surface area (Å²) in [6, 6.07) is 5.17. The van der Waals surface area contributed by atoms with Crippen LogP contribution in [0, 0.1) is 0 Å². The number of carboxylic acid groups (broad SMARTS) is 1. The molecule has 0 aromatic heterocycles. The number of aryl methyl sites for hydroxylation is 1. The summed E-state index contributed by atoms with van der Waals surface area (Å²) in [7, 11) is 0. The SMILES string of the molecule is C=COc1c(CCCC)cccc1C(=O)O. The Balaban J connectivity index is 3.10. The molecule has 16 heavy (non-hydrogen) atoms. The summed E-state index contributed by atoms with van der Waals surface area (Å²) in [6.45, 7) is 5.55. The van der Waals surface area contributed by atoms with Crippen molar-refractivity contribution in [2.45, 2.75) is 26.2 Å². The number of rotatable bonds is 6. The van der Waals surface area contributed by atoms with Crippen molar-refractivity contribution in [3.63, 3.8) is 0 Å². The molecule has 0 amide bonds. The Morgan fingerprint density at radius 1 is 1.56 bits per heavy atom. The largest absolute Gasteiger partial charge is 0.478 e. The number of para-hydroxylation sites is 1. The molecule has 0 heterocycles. The maximum absolute atomic E-state index is 11.0. The van der Waals surface area contributed by atoms with Gasteiger partial charge >= 0.3 is 5.97 Å². The first-order chi connectivity index (χ1) is 7.70. The number of ether oxygens (including phenoxy) is 1. The molecule has 0 bridgehead atoms. The molecule has 0 spiro atoms. The summed E-state index contributed by atoms with van der Waals surface area (Å²) in [6.07, 6.45) is 4.15. The summed E-state index contributed by atoms with van der Waals surface area (Å²) in [5, 5.41) is 9.03. The van der Waals surface area contributed by atoms with E-state index in [1.54, 1.807) is 6.07 Å². The minimum Gasteiger partial charge on any atom is -0.478 e. The summed E-state index contributed by atoms with van der Waals surface area (Å²) < 4.78 is 5.21. The molecular formula is C13H16O3. The third-order valence-corrected chi connectivity index (χ3v) is 2.33. The molecule has 1 N–H and O–H groups in total. The van der Waals surface area contributed by atoms with Crippen LogP contribution in [0.2, 0.25) is 0 Å². The van der Waals surface area contributed by atoms with Gasteiger partial charge in [-0.3, -0.25) is 0 Å². The van der Waals surface area contributed by atoms with E-state index in [4.69, 9.17) is 9.84 Å². The van der Waals surface area contributed by atoms with Crippen LogP contribution in [0.3, 0.4) is 0 Å². The average Bonchev–Trinajstić information content (AvgIpc) is 2.27. The molecular weight excluding hydrogens is 204 g/mol. The lowest BCUT2D eigenvalue weighted by Crippen LogP contribution is -2.02. The quantitative estimate of drug-likeness (QED) is 0.748. The number of carbonyl (C=O) groups is 1. The van der Waals surface area contributed by atoms with Gasteiger partial charge in [0.15, 0.2) is 0 Å². The highest BCUT2D eigenvalue weighted by Gasteiger charge is 2.14. The lowest BCUT2D eigenvalue weighted by atomic mass is 10.0. The van der Waals surface area contributed by atoms with Gasteiger partial charge in [0.1, 0.15) is 11.3 Å². The topological polar surface area (TPSA) is 46.5 Å². The van der Waals surface area contributed by atoms with Gasteiger partial charge < -0.3 is 9.84 Å². The normalized spacial score (nSPS) is 9.81. The van der Waals surface area contributed by atoms with E-state index in [9.17, 15) is 4.79 Å². The summed E-state index contributed by atoms with van der Waals surface area (Å²) in [5.74, 6) is -0.561. The molecule has 0 atom stereocenters. The van der Waals surface area contributed by atoms with E-state index in [1.165, 1.54) is 12.3 Å². The third-order valence-electron chi connectivity index (χ3n) is 2.33. The molecule has 0 aliphatic carbocycles. The minimum absolute atomic E-state index is 0.188. The molecule has 1 aromatic rings. The van der Waals surface area contributed by atoms with Crippen LogP contribution in [0.1, 0.15) is 35.7 Å². The molecule has 0 aliphatic rings. The monoisotopic (exact) mass is 220 g/mol. The molecule has 0 fully saturated rings. The molecule has 0 saturated heterocycles. The van der Waals surface area contributed by atoms with Crippen LogP contribution < -0.4 is 4.74 Å². The zero-order valence-electron chi connectivity index (χ0n) is 9.40. The predicted octanol–water partition coefficient (Wildman–Crippen LogP) is 3.25. The predicted molar refractivity (Wildman–Crippen MR) is 62.8 cm³/mol. The van der Waals surface area contributed by atoms with E-state index in [0.717, 1.165) is 24.8 Å². The number of benzene rings is 1. The number of unbranched alkanes of at least 4 members (excludes halogenated alkanes) is 1. The molecule has 1 aromatic carbocycles. The highest BCUT2D eigenvalue weighted by atomic mass is 16.5. The van der Waals surface area contributed by atoms with Crippen LogP contribution in [0.5, 0.6) is 5.75 Å². The first-order valence-electron chi connectivity index (χ1n) is 5.33. The van der Waals surface area contributed by atoms with Gasteiger partial charge in [0.25, 0.3) is 0 Å². The number of aromatic carboxylic acids is 1. The zero-order valence-corrected chi connectivity index (χ0v) is 9.40. The number of hydrogen-bond donors (Lipinski definition) is 1. The fourth-order valence-electron chi connectivity index (χ4n) is 1.54. The summed E-state index contributed by atoms with van der Waals surface area (Å²) in [5.41, 5.74) is 1.11. The first-order valence-corrected chi connectivity index (χ1v) is 5.33. The number of hydrogen-bond acceptors (Lipinski definition) is 2. The summed E-state index contributed by atoms with van der Waals surface area (Å²) in [4.78, 5) is 11.0. The standard InChI is InChI=1S/C13H16O3/c1-3-5-7-10-8-6-9-11(13(14)15)12(10)16-4-2/h4,6,8-9H,2-3,5,7H2,1H3,(H,14,15). The van der Waals surface area contributed by atoms with Crippen molar-refractivity contribution in [2.75, 3.05) is 0 Å². The van der Waals surface area contributed by atoms with Gasteiger partial charge in [-0.05, 0) is 24.5 Å². The second-order valence-electron chi connectivity index (χ2n) is 3.49. The van der Waals surface area contributed by atoms with Crippen molar-refractivity contribution >= 4 is 5.97 Å². The lowest BCUT2D eigenvalue weighted by Gasteiger charge is -2.10. The fourth-order valence-corrected chi connectivity index (χ4v) is 1.54. The van der Waals surface area contributed by atoms with Crippen LogP contribution in [0.25, 0.3) is 0 Å². The number of carboxylic acids is 1. The van der Waals surface area contributed by atoms with Crippen LogP contribution in [0.15, 0.2) is 31.0 Å². The van der Waals surface area contributed by atoms with E-state index < -0.39 is 5.97 Å². The van der Waals surface area contributed by atoms with Gasteiger partial charge in [-0.2, -0.15) is 0 Å². The minimum atomic E-state index is -0.977. The van der Waals surface area contributed by atoms with Gasteiger partial charge in [-0.25, -0.2) is 4.79 Å². The van der Waals surface area contributed by atoms with E-state index in [-0.39, 0.29) is 5.56 Å². The molecule has 1 rings (SSSR count). The molecule has 0 unspecified atom stereocenters. The second-order valence-corrected chi connectivity index (χ2v) is 3.49. The smallest absolute Gasteiger partial charge is 0.339 e. The van der Waals surface area contributed by atoms with Crippen LogP contribution in [0.4, 0.5) is 0 Å². The van der Waals surface area contributed by atoms with Gasteiger partial charge in [0.2, 0.25) is 0 Å². The van der Waals surface area contributed by atoms with E-state index in [0.29, 0.717) is 5.75 Å². The van der Waals surface area contributed by atoms with Crippen molar-refractivity contribution < 1.29 is 14.6 Å².